The fraction of sp³-hybridized carbons (Fsp3) is 0.263. The van der Waals surface area contributed by atoms with E-state index in [9.17, 15) is 19.8 Å². The SMILES string of the molecule is CNCc1cc2cc3c(cc2n1C)SCCc1c-3[nH]c(=O)c(C(=O)O)c1O. The number of aromatic nitrogens is 2. The topological polar surface area (TPSA) is 107 Å². The molecule has 0 radical (unpaired) electrons. The van der Waals surface area contributed by atoms with E-state index in [1.165, 1.54) is 0 Å². The Labute approximate surface area is 159 Å². The highest BCUT2D eigenvalue weighted by Crippen LogP contribution is 2.42. The summed E-state index contributed by atoms with van der Waals surface area (Å²) in [5.41, 5.74) is 2.62. The van der Waals surface area contributed by atoms with Crippen molar-refractivity contribution in [3.63, 3.8) is 0 Å². The maximum atomic E-state index is 12.3. The van der Waals surface area contributed by atoms with Crippen molar-refractivity contribution in [1.29, 1.82) is 0 Å². The fourth-order valence-corrected chi connectivity index (χ4v) is 4.69. The van der Waals surface area contributed by atoms with Crippen LogP contribution in [0.1, 0.15) is 21.6 Å². The number of aromatic amines is 1. The molecule has 27 heavy (non-hydrogen) atoms. The summed E-state index contributed by atoms with van der Waals surface area (Å²) in [5.74, 6) is -1.18. The predicted molar refractivity (Wildman–Crippen MR) is 105 cm³/mol. The van der Waals surface area contributed by atoms with Crippen LogP contribution in [0.15, 0.2) is 27.9 Å². The summed E-state index contributed by atoms with van der Waals surface area (Å²) in [6, 6.07) is 6.17. The number of aryl methyl sites for hydroxylation is 1. The molecule has 1 aliphatic rings. The lowest BCUT2D eigenvalue weighted by Crippen LogP contribution is -2.20. The Balaban J connectivity index is 2.01. The number of aromatic carboxylic acids is 1. The summed E-state index contributed by atoms with van der Waals surface area (Å²) < 4.78 is 2.13. The van der Waals surface area contributed by atoms with Crippen molar-refractivity contribution in [2.75, 3.05) is 12.8 Å². The number of nitrogens with one attached hydrogen (secondary N) is 2. The van der Waals surface area contributed by atoms with Gasteiger partial charge in [-0.1, -0.05) is 0 Å². The van der Waals surface area contributed by atoms with Gasteiger partial charge in [-0.25, -0.2) is 4.79 Å². The molecule has 2 aromatic heterocycles. The molecule has 4 N–H and O–H groups in total. The van der Waals surface area contributed by atoms with E-state index in [1.54, 1.807) is 11.8 Å². The highest BCUT2D eigenvalue weighted by atomic mass is 32.2. The Morgan fingerprint density at radius 2 is 2.15 bits per heavy atom. The van der Waals surface area contributed by atoms with Crippen LogP contribution < -0.4 is 10.9 Å². The number of H-pyrrole nitrogens is 1. The standard InChI is InChI=1S/C19H19N3O4S/c1-20-8-10-5-9-6-12-14(7-13(9)22(10)2)27-4-3-11-16(12)21-18(24)15(17(11)23)19(25)26/h5-7,20H,3-4,8H2,1-2H3,(H,25,26)(H2,21,23,24). The van der Waals surface area contributed by atoms with E-state index < -0.39 is 22.8 Å². The summed E-state index contributed by atoms with van der Waals surface area (Å²) in [4.78, 5) is 27.3. The van der Waals surface area contributed by atoms with Gasteiger partial charge in [0.25, 0.3) is 5.56 Å². The number of hydrogen-bond acceptors (Lipinski definition) is 5. The summed E-state index contributed by atoms with van der Waals surface area (Å²) in [6.07, 6.45) is 0.471. The van der Waals surface area contributed by atoms with Crippen molar-refractivity contribution in [3.8, 4) is 17.0 Å². The first-order valence-electron chi connectivity index (χ1n) is 8.54. The second kappa shape index (κ2) is 6.47. The number of carboxylic acid groups (broad SMARTS) is 1. The predicted octanol–water partition coefficient (Wildman–Crippen LogP) is 2.30. The molecule has 8 heteroatoms. The monoisotopic (exact) mass is 385 g/mol. The maximum Gasteiger partial charge on any atom is 0.345 e. The van der Waals surface area contributed by atoms with Gasteiger partial charge in [0, 0.05) is 52.0 Å². The molecule has 0 spiro atoms. The average molecular weight is 385 g/mol. The van der Waals surface area contributed by atoms with Gasteiger partial charge < -0.3 is 25.1 Å². The van der Waals surface area contributed by atoms with Crippen molar-refractivity contribution in [3.05, 3.63) is 45.4 Å². The Kier molecular flexibility index (Phi) is 4.24. The number of thioether (sulfide) groups is 1. The average Bonchev–Trinajstić information content (AvgIpc) is 2.80. The number of rotatable bonds is 3. The lowest BCUT2D eigenvalue weighted by Gasteiger charge is -2.12. The van der Waals surface area contributed by atoms with Crippen LogP contribution in [0.2, 0.25) is 0 Å². The minimum Gasteiger partial charge on any atom is -0.506 e. The third-order valence-electron chi connectivity index (χ3n) is 4.98. The van der Waals surface area contributed by atoms with E-state index in [2.05, 4.69) is 27.0 Å². The van der Waals surface area contributed by atoms with Crippen LogP contribution in [0.4, 0.5) is 0 Å². The molecular formula is C19H19N3O4S. The highest BCUT2D eigenvalue weighted by Gasteiger charge is 2.26. The van der Waals surface area contributed by atoms with Gasteiger partial charge in [-0.15, -0.1) is 11.8 Å². The first-order chi connectivity index (χ1) is 12.9. The van der Waals surface area contributed by atoms with Crippen LogP contribution in [-0.2, 0) is 20.0 Å². The quantitative estimate of drug-likeness (QED) is 0.551. The molecule has 0 unspecified atom stereocenters. The molecular weight excluding hydrogens is 366 g/mol. The van der Waals surface area contributed by atoms with Crippen molar-refractivity contribution in [2.45, 2.75) is 17.9 Å². The number of carbonyl (C=O) groups is 1. The summed E-state index contributed by atoms with van der Waals surface area (Å²) in [6.45, 7) is 0.735. The van der Waals surface area contributed by atoms with E-state index in [0.717, 1.165) is 33.6 Å². The summed E-state index contributed by atoms with van der Waals surface area (Å²) in [5, 5.41) is 23.9. The van der Waals surface area contributed by atoms with Crippen LogP contribution in [0.25, 0.3) is 22.2 Å². The largest absolute Gasteiger partial charge is 0.506 e. The maximum absolute atomic E-state index is 12.3. The Morgan fingerprint density at radius 1 is 1.37 bits per heavy atom. The molecule has 0 fully saturated rings. The summed E-state index contributed by atoms with van der Waals surface area (Å²) >= 11 is 1.63. The number of fused-ring (bicyclic) bond motifs is 4. The van der Waals surface area contributed by atoms with Crippen LogP contribution in [0.3, 0.4) is 0 Å². The first kappa shape index (κ1) is 17.7. The molecule has 3 aromatic rings. The molecule has 140 valence electrons. The van der Waals surface area contributed by atoms with E-state index in [4.69, 9.17) is 0 Å². The van der Waals surface area contributed by atoms with E-state index >= 15 is 0 Å². The smallest absolute Gasteiger partial charge is 0.345 e. The number of nitrogens with zero attached hydrogens (tertiary/aromatic N) is 1. The summed E-state index contributed by atoms with van der Waals surface area (Å²) in [7, 11) is 3.91. The van der Waals surface area contributed by atoms with Gasteiger partial charge in [0.15, 0.2) is 5.56 Å². The zero-order chi connectivity index (χ0) is 19.3. The van der Waals surface area contributed by atoms with Crippen LogP contribution in [0.5, 0.6) is 5.75 Å². The van der Waals surface area contributed by atoms with Gasteiger partial charge in [-0.2, -0.15) is 0 Å². The van der Waals surface area contributed by atoms with E-state index in [0.29, 0.717) is 23.4 Å². The Morgan fingerprint density at radius 3 is 2.85 bits per heavy atom. The Bertz CT molecular complexity index is 1150. The third-order valence-corrected chi connectivity index (χ3v) is 6.04. The Hall–Kier alpha value is -2.71. The zero-order valence-electron chi connectivity index (χ0n) is 14.9. The van der Waals surface area contributed by atoms with Gasteiger partial charge in [-0.05, 0) is 31.7 Å². The molecule has 1 aliphatic heterocycles. The lowest BCUT2D eigenvalue weighted by molar-refractivity contribution is 0.0691. The molecule has 0 bridgehead atoms. The van der Waals surface area contributed by atoms with Crippen LogP contribution in [-0.4, -0.2) is 38.5 Å². The molecule has 0 saturated carbocycles. The zero-order valence-corrected chi connectivity index (χ0v) is 15.7. The molecule has 1 aromatic carbocycles. The van der Waals surface area contributed by atoms with Gasteiger partial charge >= 0.3 is 5.97 Å². The molecule has 0 aliphatic carbocycles. The van der Waals surface area contributed by atoms with Gasteiger partial charge in [0.1, 0.15) is 5.75 Å². The number of benzene rings is 1. The second-order valence-corrected chi connectivity index (χ2v) is 7.70. The van der Waals surface area contributed by atoms with Gasteiger partial charge in [-0.3, -0.25) is 4.79 Å². The van der Waals surface area contributed by atoms with Crippen molar-refractivity contribution < 1.29 is 15.0 Å². The van der Waals surface area contributed by atoms with Crippen molar-refractivity contribution in [2.24, 2.45) is 7.05 Å². The molecule has 3 heterocycles. The molecule has 4 rings (SSSR count). The molecule has 0 atom stereocenters. The van der Waals surface area contributed by atoms with Crippen LogP contribution >= 0.6 is 11.8 Å². The lowest BCUT2D eigenvalue weighted by atomic mass is 9.99. The number of hydrogen-bond donors (Lipinski definition) is 4. The molecule has 0 amide bonds. The van der Waals surface area contributed by atoms with E-state index in [1.807, 2.05) is 20.2 Å². The van der Waals surface area contributed by atoms with E-state index in [-0.39, 0.29) is 0 Å². The molecule has 7 nitrogen and oxygen atoms in total. The van der Waals surface area contributed by atoms with Gasteiger partial charge in [0.05, 0.1) is 5.69 Å². The fourth-order valence-electron chi connectivity index (χ4n) is 3.65. The third kappa shape index (κ3) is 2.72. The number of carboxylic acids is 1. The minimum absolute atomic E-state index is 0.432. The van der Waals surface area contributed by atoms with Crippen molar-refractivity contribution in [1.82, 2.24) is 14.9 Å². The normalized spacial score (nSPS) is 13.3. The van der Waals surface area contributed by atoms with Crippen molar-refractivity contribution >= 4 is 28.6 Å². The van der Waals surface area contributed by atoms with Crippen LogP contribution in [0, 0.1) is 0 Å². The first-order valence-corrected chi connectivity index (χ1v) is 9.52. The highest BCUT2D eigenvalue weighted by molar-refractivity contribution is 7.99. The number of aromatic hydroxyl groups is 1. The number of pyridine rings is 1. The molecule has 0 saturated heterocycles. The van der Waals surface area contributed by atoms with Gasteiger partial charge in [0.2, 0.25) is 0 Å². The minimum atomic E-state index is -1.43. The second-order valence-electron chi connectivity index (χ2n) is 6.57.